The van der Waals surface area contributed by atoms with Crippen LogP contribution in [0.4, 0.5) is 0 Å². The highest BCUT2D eigenvalue weighted by Gasteiger charge is 2.36. The summed E-state index contributed by atoms with van der Waals surface area (Å²) >= 11 is 0. The van der Waals surface area contributed by atoms with Crippen molar-refractivity contribution in [2.24, 2.45) is 5.92 Å². The number of aliphatic hydroxyl groups excluding tert-OH is 1. The summed E-state index contributed by atoms with van der Waals surface area (Å²) in [4.78, 5) is 0. The Morgan fingerprint density at radius 3 is 2.14 bits per heavy atom. The van der Waals surface area contributed by atoms with Crippen LogP contribution in [-0.4, -0.2) is 10.2 Å². The molecule has 3 rings (SSSR count). The summed E-state index contributed by atoms with van der Waals surface area (Å²) in [7, 11) is 0. The highest BCUT2D eigenvalue weighted by Crippen LogP contribution is 2.43. The molecule has 2 atom stereocenters. The van der Waals surface area contributed by atoms with Crippen molar-refractivity contribution in [3.63, 3.8) is 0 Å². The van der Waals surface area contributed by atoms with Crippen LogP contribution in [0.2, 0.25) is 0 Å². The van der Waals surface area contributed by atoms with Gasteiger partial charge in [0.1, 0.15) is 11.5 Å². The summed E-state index contributed by atoms with van der Waals surface area (Å²) < 4.78 is 0. The van der Waals surface area contributed by atoms with Crippen LogP contribution in [0.1, 0.15) is 24.5 Å². The topological polar surface area (TPSA) is 40.5 Å². The molecule has 0 saturated carbocycles. The number of aliphatic hydroxyl groups is 1. The van der Waals surface area contributed by atoms with E-state index in [-0.39, 0.29) is 17.1 Å². The summed E-state index contributed by atoms with van der Waals surface area (Å²) in [5.41, 5.74) is 2.16. The number of phenolic OH excluding ortho intramolecular Hbond substituents is 1. The van der Waals surface area contributed by atoms with Crippen LogP contribution in [0.5, 0.6) is 5.75 Å². The first-order chi connectivity index (χ1) is 10.6. The maximum atomic E-state index is 9.61. The second-order valence-corrected chi connectivity index (χ2v) is 5.95. The fourth-order valence-corrected chi connectivity index (χ4v) is 3.22. The molecule has 2 nitrogen and oxygen atoms in total. The van der Waals surface area contributed by atoms with E-state index in [1.807, 2.05) is 36.4 Å². The van der Waals surface area contributed by atoms with Crippen LogP contribution in [0, 0.1) is 5.92 Å². The summed E-state index contributed by atoms with van der Waals surface area (Å²) in [6, 6.07) is 17.8. The van der Waals surface area contributed by atoms with E-state index < -0.39 is 0 Å². The van der Waals surface area contributed by atoms with Gasteiger partial charge in [0.15, 0.2) is 0 Å². The molecule has 1 aliphatic carbocycles. The van der Waals surface area contributed by atoms with E-state index >= 15 is 0 Å². The van der Waals surface area contributed by atoms with E-state index in [1.54, 1.807) is 18.2 Å². The minimum atomic E-state index is -0.220. The molecule has 1 aliphatic rings. The predicted molar refractivity (Wildman–Crippen MR) is 89.0 cm³/mol. The van der Waals surface area contributed by atoms with Gasteiger partial charge < -0.3 is 10.2 Å². The second-order valence-electron chi connectivity index (χ2n) is 5.95. The predicted octanol–water partition coefficient (Wildman–Crippen LogP) is 4.72. The third-order valence-electron chi connectivity index (χ3n) is 4.66. The Labute approximate surface area is 131 Å². The average molecular weight is 292 g/mol. The standard InChI is InChI=1S/C20H20O2/c1-20(15-5-3-2-4-6-15,16-7-11-18(21)12-8-16)17-9-13-19(22)14-10-17/h2-9,11-14,17,21-22H,10H2,1H3. The summed E-state index contributed by atoms with van der Waals surface area (Å²) in [5.74, 6) is 0.851. The van der Waals surface area contributed by atoms with Crippen LogP contribution in [0.15, 0.2) is 78.6 Å². The highest BCUT2D eigenvalue weighted by atomic mass is 16.3. The van der Waals surface area contributed by atoms with Gasteiger partial charge in [0.05, 0.1) is 0 Å². The Hall–Kier alpha value is -2.48. The van der Waals surface area contributed by atoms with Gasteiger partial charge in [-0.3, -0.25) is 0 Å². The fourth-order valence-electron chi connectivity index (χ4n) is 3.22. The Morgan fingerprint density at radius 2 is 1.55 bits per heavy atom. The number of rotatable bonds is 3. The van der Waals surface area contributed by atoms with Gasteiger partial charge in [-0.2, -0.15) is 0 Å². The number of phenols is 1. The lowest BCUT2D eigenvalue weighted by Crippen LogP contribution is -2.33. The van der Waals surface area contributed by atoms with Crippen LogP contribution in [0.25, 0.3) is 0 Å². The summed E-state index contributed by atoms with van der Waals surface area (Å²) in [6.07, 6.45) is 6.51. The highest BCUT2D eigenvalue weighted by molar-refractivity contribution is 5.43. The first-order valence-electron chi connectivity index (χ1n) is 7.53. The number of aromatic hydroxyl groups is 1. The molecule has 0 radical (unpaired) electrons. The van der Waals surface area contributed by atoms with E-state index in [1.165, 1.54) is 5.56 Å². The SMILES string of the molecule is CC(c1ccccc1)(c1ccc(O)cc1)C1C=CC(O)=CC1. The molecule has 0 fully saturated rings. The molecule has 0 heterocycles. The zero-order valence-electron chi connectivity index (χ0n) is 12.6. The summed E-state index contributed by atoms with van der Waals surface area (Å²) in [5, 5.41) is 19.2. The quantitative estimate of drug-likeness (QED) is 0.859. The van der Waals surface area contributed by atoms with Crippen molar-refractivity contribution >= 4 is 0 Å². The average Bonchev–Trinajstić information content (AvgIpc) is 2.56. The van der Waals surface area contributed by atoms with Gasteiger partial charge in [-0.15, -0.1) is 0 Å². The van der Waals surface area contributed by atoms with Crippen molar-refractivity contribution in [3.05, 3.63) is 89.7 Å². The molecule has 2 N–H and O–H groups in total. The maximum absolute atomic E-state index is 9.61. The Kier molecular flexibility index (Phi) is 3.76. The normalized spacial score (nSPS) is 20.2. The Bertz CT molecular complexity index is 698. The van der Waals surface area contributed by atoms with Gasteiger partial charge in [-0.1, -0.05) is 55.5 Å². The zero-order chi connectivity index (χ0) is 15.6. The largest absolute Gasteiger partial charge is 0.508 e. The van der Waals surface area contributed by atoms with E-state index in [0.29, 0.717) is 5.76 Å². The molecule has 0 saturated heterocycles. The van der Waals surface area contributed by atoms with Crippen LogP contribution < -0.4 is 0 Å². The van der Waals surface area contributed by atoms with Gasteiger partial charge in [-0.05, 0) is 47.8 Å². The third-order valence-corrected chi connectivity index (χ3v) is 4.66. The van der Waals surface area contributed by atoms with E-state index in [4.69, 9.17) is 0 Å². The first kappa shape index (κ1) is 14.5. The Balaban J connectivity index is 2.10. The van der Waals surface area contributed by atoms with E-state index in [9.17, 15) is 10.2 Å². The molecular weight excluding hydrogens is 272 g/mol. The molecule has 2 aromatic rings. The molecular formula is C20H20O2. The number of allylic oxidation sites excluding steroid dienone is 3. The molecule has 0 bridgehead atoms. The minimum Gasteiger partial charge on any atom is -0.508 e. The molecule has 2 aromatic carbocycles. The number of hydrogen-bond acceptors (Lipinski definition) is 2. The van der Waals surface area contributed by atoms with Gasteiger partial charge in [0.2, 0.25) is 0 Å². The first-order valence-corrected chi connectivity index (χ1v) is 7.53. The molecule has 0 spiro atoms. The number of hydrogen-bond donors (Lipinski definition) is 2. The van der Waals surface area contributed by atoms with Crippen molar-refractivity contribution < 1.29 is 10.2 Å². The summed E-state index contributed by atoms with van der Waals surface area (Å²) in [6.45, 7) is 2.22. The van der Waals surface area contributed by atoms with Gasteiger partial charge in [0, 0.05) is 5.41 Å². The molecule has 2 heteroatoms. The van der Waals surface area contributed by atoms with Crippen LogP contribution >= 0.6 is 0 Å². The molecule has 22 heavy (non-hydrogen) atoms. The lowest BCUT2D eigenvalue weighted by molar-refractivity contribution is 0.383. The third kappa shape index (κ3) is 2.52. The smallest absolute Gasteiger partial charge is 0.115 e. The minimum absolute atomic E-state index is 0.220. The van der Waals surface area contributed by atoms with Gasteiger partial charge in [-0.25, -0.2) is 0 Å². The fraction of sp³-hybridized carbons (Fsp3) is 0.200. The lowest BCUT2D eigenvalue weighted by Gasteiger charge is -2.38. The van der Waals surface area contributed by atoms with Crippen molar-refractivity contribution in [3.8, 4) is 5.75 Å². The van der Waals surface area contributed by atoms with Crippen molar-refractivity contribution in [1.82, 2.24) is 0 Å². The zero-order valence-corrected chi connectivity index (χ0v) is 12.6. The molecule has 0 aliphatic heterocycles. The van der Waals surface area contributed by atoms with Crippen molar-refractivity contribution in [2.75, 3.05) is 0 Å². The van der Waals surface area contributed by atoms with Gasteiger partial charge in [0.25, 0.3) is 0 Å². The van der Waals surface area contributed by atoms with Crippen LogP contribution in [0.3, 0.4) is 0 Å². The second kappa shape index (κ2) is 5.72. The molecule has 112 valence electrons. The Morgan fingerprint density at radius 1 is 0.909 bits per heavy atom. The van der Waals surface area contributed by atoms with Crippen molar-refractivity contribution in [2.45, 2.75) is 18.8 Å². The molecule has 2 unspecified atom stereocenters. The maximum Gasteiger partial charge on any atom is 0.115 e. The number of benzene rings is 2. The molecule has 0 aromatic heterocycles. The van der Waals surface area contributed by atoms with Crippen LogP contribution in [-0.2, 0) is 5.41 Å². The van der Waals surface area contributed by atoms with Crippen molar-refractivity contribution in [1.29, 1.82) is 0 Å². The monoisotopic (exact) mass is 292 g/mol. The van der Waals surface area contributed by atoms with Gasteiger partial charge >= 0.3 is 0 Å². The lowest BCUT2D eigenvalue weighted by atomic mass is 9.65. The van der Waals surface area contributed by atoms with E-state index in [2.05, 4.69) is 25.1 Å². The molecule has 0 amide bonds. The van der Waals surface area contributed by atoms with E-state index in [0.717, 1.165) is 12.0 Å².